The number of esters is 1. The Balaban J connectivity index is 2.04. The lowest BCUT2D eigenvalue weighted by atomic mass is 9.80. The van der Waals surface area contributed by atoms with Crippen LogP contribution in [0.4, 0.5) is 0 Å². The summed E-state index contributed by atoms with van der Waals surface area (Å²) in [5, 5.41) is 0. The van der Waals surface area contributed by atoms with E-state index in [0.717, 1.165) is 61.8 Å². The molecule has 0 radical (unpaired) electrons. The third-order valence-electron chi connectivity index (χ3n) is 5.21. The number of methoxy groups -OCH3 is 1. The zero-order valence-corrected chi connectivity index (χ0v) is 14.3. The minimum absolute atomic E-state index is 0.0700. The Morgan fingerprint density at radius 3 is 2.67 bits per heavy atom. The van der Waals surface area contributed by atoms with Gasteiger partial charge in [-0.2, -0.15) is 0 Å². The first-order valence-electron chi connectivity index (χ1n) is 8.82. The van der Waals surface area contributed by atoms with E-state index in [2.05, 4.69) is 17.0 Å². The standard InChI is InChI=1S/C20H25NO3/c1-24-19(23)13-18(21-11-5-2-6-12-21)20-16(14-22)10-9-15-7-3-4-8-17(15)20/h3-4,7-8,14,18H,2,5-6,9-13H2,1H3. The highest BCUT2D eigenvalue weighted by molar-refractivity contribution is 5.93. The summed E-state index contributed by atoms with van der Waals surface area (Å²) in [7, 11) is 1.43. The number of piperidine rings is 1. The third kappa shape index (κ3) is 3.44. The fourth-order valence-corrected chi connectivity index (χ4v) is 3.98. The van der Waals surface area contributed by atoms with Crippen LogP contribution in [-0.4, -0.2) is 43.4 Å². The van der Waals surface area contributed by atoms with E-state index in [0.29, 0.717) is 6.42 Å². The van der Waals surface area contributed by atoms with Crippen molar-refractivity contribution in [2.75, 3.05) is 20.2 Å². The summed E-state index contributed by atoms with van der Waals surface area (Å²) < 4.78 is 4.94. The van der Waals surface area contributed by atoms with E-state index in [1.165, 1.54) is 19.1 Å². The molecule has 24 heavy (non-hydrogen) atoms. The number of benzene rings is 1. The number of allylic oxidation sites excluding steroid dienone is 1. The van der Waals surface area contributed by atoms with Crippen LogP contribution < -0.4 is 0 Å². The maximum atomic E-state index is 12.1. The van der Waals surface area contributed by atoms with Crippen LogP contribution in [-0.2, 0) is 20.7 Å². The molecule has 1 unspecified atom stereocenters. The Morgan fingerprint density at radius 2 is 1.96 bits per heavy atom. The number of hydrogen-bond acceptors (Lipinski definition) is 4. The number of aryl methyl sites for hydroxylation is 1. The van der Waals surface area contributed by atoms with Crippen molar-refractivity contribution in [3.63, 3.8) is 0 Å². The molecule has 128 valence electrons. The summed E-state index contributed by atoms with van der Waals surface area (Å²) in [6.45, 7) is 1.94. The average molecular weight is 327 g/mol. The number of carbonyl (C=O) groups excluding carboxylic acids is 2. The normalized spacial score (nSPS) is 19.5. The van der Waals surface area contributed by atoms with Gasteiger partial charge < -0.3 is 4.74 Å². The van der Waals surface area contributed by atoms with Crippen LogP contribution in [0.5, 0.6) is 0 Å². The lowest BCUT2D eigenvalue weighted by molar-refractivity contribution is -0.141. The van der Waals surface area contributed by atoms with E-state index < -0.39 is 0 Å². The predicted octanol–water partition coefficient (Wildman–Crippen LogP) is 3.00. The summed E-state index contributed by atoms with van der Waals surface area (Å²) in [5.74, 6) is -0.216. The molecule has 3 rings (SSSR count). The number of ether oxygens (including phenoxy) is 1. The molecule has 0 amide bonds. The van der Waals surface area contributed by atoms with Gasteiger partial charge in [0.25, 0.3) is 0 Å². The van der Waals surface area contributed by atoms with Crippen LogP contribution in [0.25, 0.3) is 5.57 Å². The number of aldehydes is 1. The van der Waals surface area contributed by atoms with E-state index in [1.54, 1.807) is 0 Å². The molecule has 0 bridgehead atoms. The Hall–Kier alpha value is -1.94. The van der Waals surface area contributed by atoms with Crippen molar-refractivity contribution in [2.24, 2.45) is 0 Å². The molecule has 0 N–H and O–H groups in total. The van der Waals surface area contributed by atoms with Crippen molar-refractivity contribution in [2.45, 2.75) is 44.6 Å². The van der Waals surface area contributed by atoms with Gasteiger partial charge in [-0.05, 0) is 61.0 Å². The monoisotopic (exact) mass is 327 g/mol. The minimum Gasteiger partial charge on any atom is -0.469 e. The molecule has 0 aromatic heterocycles. The first kappa shape index (κ1) is 16.9. The molecule has 0 spiro atoms. The van der Waals surface area contributed by atoms with Gasteiger partial charge in [0, 0.05) is 6.04 Å². The zero-order valence-electron chi connectivity index (χ0n) is 14.3. The molecule has 1 aliphatic heterocycles. The summed E-state index contributed by atoms with van der Waals surface area (Å²) in [6, 6.07) is 8.19. The number of rotatable bonds is 5. The molecule has 1 aliphatic carbocycles. The first-order chi connectivity index (χ1) is 11.7. The predicted molar refractivity (Wildman–Crippen MR) is 93.6 cm³/mol. The van der Waals surface area contributed by atoms with Crippen LogP contribution >= 0.6 is 0 Å². The second-order valence-electron chi connectivity index (χ2n) is 6.61. The lowest BCUT2D eigenvalue weighted by Crippen LogP contribution is -2.42. The van der Waals surface area contributed by atoms with Crippen molar-refractivity contribution >= 4 is 17.8 Å². The van der Waals surface area contributed by atoms with Gasteiger partial charge >= 0.3 is 5.97 Å². The van der Waals surface area contributed by atoms with Crippen LogP contribution in [0.3, 0.4) is 0 Å². The fraction of sp³-hybridized carbons (Fsp3) is 0.500. The number of carbonyl (C=O) groups is 2. The van der Waals surface area contributed by atoms with E-state index in [9.17, 15) is 9.59 Å². The van der Waals surface area contributed by atoms with E-state index in [-0.39, 0.29) is 12.0 Å². The Morgan fingerprint density at radius 1 is 1.21 bits per heavy atom. The molecule has 0 saturated carbocycles. The lowest BCUT2D eigenvalue weighted by Gasteiger charge is -2.38. The van der Waals surface area contributed by atoms with E-state index in [1.807, 2.05) is 12.1 Å². The van der Waals surface area contributed by atoms with Crippen molar-refractivity contribution in [3.8, 4) is 0 Å². The largest absolute Gasteiger partial charge is 0.469 e. The molecule has 4 heteroatoms. The quantitative estimate of drug-likeness (QED) is 0.616. The van der Waals surface area contributed by atoms with Crippen molar-refractivity contribution in [3.05, 3.63) is 41.0 Å². The molecular weight excluding hydrogens is 302 g/mol. The fourth-order valence-electron chi connectivity index (χ4n) is 3.98. The second-order valence-corrected chi connectivity index (χ2v) is 6.61. The van der Waals surface area contributed by atoms with E-state index in [4.69, 9.17) is 4.74 Å². The molecule has 4 nitrogen and oxygen atoms in total. The molecule has 1 saturated heterocycles. The molecule has 1 atom stereocenters. The molecule has 1 aromatic rings. The van der Waals surface area contributed by atoms with Gasteiger partial charge in [-0.25, -0.2) is 0 Å². The highest BCUT2D eigenvalue weighted by Gasteiger charge is 2.32. The summed E-state index contributed by atoms with van der Waals surface area (Å²) >= 11 is 0. The van der Waals surface area contributed by atoms with Gasteiger partial charge in [0.05, 0.1) is 13.5 Å². The number of fused-ring (bicyclic) bond motifs is 1. The minimum atomic E-state index is -0.216. The molecule has 2 aliphatic rings. The first-order valence-corrected chi connectivity index (χ1v) is 8.82. The molecule has 1 heterocycles. The number of hydrogen-bond donors (Lipinski definition) is 0. The summed E-state index contributed by atoms with van der Waals surface area (Å²) in [6.07, 6.45) is 6.45. The van der Waals surface area contributed by atoms with Gasteiger partial charge in [0.1, 0.15) is 6.29 Å². The summed E-state index contributed by atoms with van der Waals surface area (Å²) in [5.41, 5.74) is 4.28. The Kier molecular flexibility index (Phi) is 5.46. The van der Waals surface area contributed by atoms with Crippen molar-refractivity contribution < 1.29 is 14.3 Å². The molecule has 1 fully saturated rings. The topological polar surface area (TPSA) is 46.6 Å². The van der Waals surface area contributed by atoms with Gasteiger partial charge in [-0.15, -0.1) is 0 Å². The van der Waals surface area contributed by atoms with Crippen LogP contribution in [0.1, 0.15) is 43.2 Å². The van der Waals surface area contributed by atoms with Gasteiger partial charge in [-0.3, -0.25) is 14.5 Å². The van der Waals surface area contributed by atoms with Crippen molar-refractivity contribution in [1.29, 1.82) is 0 Å². The number of likely N-dealkylation sites (tertiary alicyclic amines) is 1. The molecule has 1 aromatic carbocycles. The zero-order chi connectivity index (χ0) is 16.9. The average Bonchev–Trinajstić information content (AvgIpc) is 2.65. The third-order valence-corrected chi connectivity index (χ3v) is 5.21. The highest BCUT2D eigenvalue weighted by Crippen LogP contribution is 2.36. The summed E-state index contributed by atoms with van der Waals surface area (Å²) in [4.78, 5) is 26.1. The highest BCUT2D eigenvalue weighted by atomic mass is 16.5. The second kappa shape index (κ2) is 7.75. The van der Waals surface area contributed by atoms with Crippen LogP contribution in [0.2, 0.25) is 0 Å². The Bertz CT molecular complexity index is 644. The number of nitrogens with zero attached hydrogens (tertiary/aromatic N) is 1. The van der Waals surface area contributed by atoms with Crippen molar-refractivity contribution in [1.82, 2.24) is 4.90 Å². The van der Waals surface area contributed by atoms with E-state index >= 15 is 0 Å². The molecular formula is C20H25NO3. The maximum Gasteiger partial charge on any atom is 0.307 e. The van der Waals surface area contributed by atoms with Crippen LogP contribution in [0, 0.1) is 0 Å². The van der Waals surface area contributed by atoms with Gasteiger partial charge in [0.15, 0.2) is 0 Å². The van der Waals surface area contributed by atoms with Crippen LogP contribution in [0.15, 0.2) is 29.8 Å². The smallest absolute Gasteiger partial charge is 0.307 e. The van der Waals surface area contributed by atoms with Gasteiger partial charge in [0.2, 0.25) is 0 Å². The maximum absolute atomic E-state index is 12.1. The SMILES string of the molecule is COC(=O)CC(C1=C(C=O)CCc2ccccc21)N1CCCCC1. The Labute approximate surface area is 143 Å². The van der Waals surface area contributed by atoms with Gasteiger partial charge in [-0.1, -0.05) is 30.7 Å².